The largest absolute Gasteiger partial charge is 0.480 e. The van der Waals surface area contributed by atoms with E-state index in [-0.39, 0.29) is 18.2 Å². The van der Waals surface area contributed by atoms with Crippen LogP contribution in [0.15, 0.2) is 24.3 Å². The Balaban J connectivity index is 0.000000641. The topological polar surface area (TPSA) is 89.6 Å². The van der Waals surface area contributed by atoms with Crippen molar-refractivity contribution in [1.29, 1.82) is 0 Å². The summed E-state index contributed by atoms with van der Waals surface area (Å²) in [6.07, 6.45) is 18.1. The predicted octanol–water partition coefficient (Wildman–Crippen LogP) is 6.42. The van der Waals surface area contributed by atoms with E-state index in [9.17, 15) is 14.0 Å². The van der Waals surface area contributed by atoms with Crippen LogP contribution in [0.1, 0.15) is 102 Å². The second-order valence-corrected chi connectivity index (χ2v) is 8.35. The van der Waals surface area contributed by atoms with Gasteiger partial charge in [0.05, 0.1) is 7.11 Å². The lowest BCUT2D eigenvalue weighted by molar-refractivity contribution is -0.141. The summed E-state index contributed by atoms with van der Waals surface area (Å²) in [5.41, 5.74) is 5.87. The number of rotatable bonds is 17. The average molecular weight is 454 g/mol. The molecule has 0 aliphatic rings. The van der Waals surface area contributed by atoms with Gasteiger partial charge in [-0.05, 0) is 30.5 Å². The highest BCUT2D eigenvalue weighted by Crippen LogP contribution is 2.13. The molecule has 1 aromatic carbocycles. The minimum Gasteiger partial charge on any atom is -0.480 e. The van der Waals surface area contributed by atoms with Gasteiger partial charge >= 0.3 is 11.9 Å². The Morgan fingerprint density at radius 1 is 0.938 bits per heavy atom. The Bertz CT molecular complexity index is 609. The van der Waals surface area contributed by atoms with Crippen molar-refractivity contribution in [3.63, 3.8) is 0 Å². The van der Waals surface area contributed by atoms with E-state index in [1.807, 2.05) is 0 Å². The second kappa shape index (κ2) is 20.9. The molecule has 3 N–H and O–H groups in total. The second-order valence-electron chi connectivity index (χ2n) is 8.35. The van der Waals surface area contributed by atoms with Crippen molar-refractivity contribution >= 4 is 11.9 Å². The molecule has 32 heavy (non-hydrogen) atoms. The maximum absolute atomic E-state index is 12.6. The van der Waals surface area contributed by atoms with Gasteiger partial charge in [-0.15, -0.1) is 0 Å². The molecule has 0 fully saturated rings. The number of halogens is 1. The Morgan fingerprint density at radius 3 is 1.88 bits per heavy atom. The van der Waals surface area contributed by atoms with Gasteiger partial charge in [0.15, 0.2) is 0 Å². The number of carbonyl (C=O) groups excluding carboxylic acids is 1. The van der Waals surface area contributed by atoms with Gasteiger partial charge in [-0.2, -0.15) is 0 Å². The molecular formula is C26H44FNO4. The number of hydrogen-bond donors (Lipinski definition) is 2. The summed E-state index contributed by atoms with van der Waals surface area (Å²) in [4.78, 5) is 21.3. The fraction of sp³-hybridized carbons (Fsp3) is 0.692. The van der Waals surface area contributed by atoms with E-state index in [1.165, 1.54) is 102 Å². The van der Waals surface area contributed by atoms with E-state index in [2.05, 4.69) is 11.7 Å². The van der Waals surface area contributed by atoms with Gasteiger partial charge in [0, 0.05) is 6.42 Å². The lowest BCUT2D eigenvalue weighted by Gasteiger charge is -2.05. The molecule has 6 heteroatoms. The molecule has 0 bridgehead atoms. The summed E-state index contributed by atoms with van der Waals surface area (Å²) >= 11 is 0. The van der Waals surface area contributed by atoms with Crippen LogP contribution < -0.4 is 5.73 Å². The summed E-state index contributed by atoms with van der Waals surface area (Å²) in [6, 6.07) is 4.78. The van der Waals surface area contributed by atoms with E-state index < -0.39 is 12.0 Å². The fourth-order valence-electron chi connectivity index (χ4n) is 3.39. The Labute approximate surface area is 193 Å². The maximum atomic E-state index is 12.6. The zero-order valence-corrected chi connectivity index (χ0v) is 20.1. The first kappa shape index (κ1) is 30.0. The van der Waals surface area contributed by atoms with Crippen molar-refractivity contribution < 1.29 is 23.8 Å². The van der Waals surface area contributed by atoms with Crippen LogP contribution >= 0.6 is 0 Å². The van der Waals surface area contributed by atoms with Crippen LogP contribution in [0.25, 0.3) is 0 Å². The van der Waals surface area contributed by atoms with Crippen molar-refractivity contribution in [1.82, 2.24) is 0 Å². The molecule has 0 aromatic heterocycles. The molecule has 0 aliphatic heterocycles. The number of benzene rings is 1. The van der Waals surface area contributed by atoms with Gasteiger partial charge in [-0.25, -0.2) is 4.39 Å². The lowest BCUT2D eigenvalue weighted by atomic mass is 10.0. The molecule has 5 nitrogen and oxygen atoms in total. The third kappa shape index (κ3) is 18.8. The van der Waals surface area contributed by atoms with Crippen LogP contribution in [0, 0.1) is 5.82 Å². The first-order chi connectivity index (χ1) is 15.4. The van der Waals surface area contributed by atoms with Gasteiger partial charge in [-0.3, -0.25) is 9.59 Å². The molecule has 0 heterocycles. The van der Waals surface area contributed by atoms with Gasteiger partial charge in [0.2, 0.25) is 0 Å². The van der Waals surface area contributed by atoms with Crippen LogP contribution in [0.5, 0.6) is 0 Å². The Kier molecular flexibility index (Phi) is 19.7. The van der Waals surface area contributed by atoms with Gasteiger partial charge in [0.25, 0.3) is 0 Å². The first-order valence-corrected chi connectivity index (χ1v) is 12.2. The van der Waals surface area contributed by atoms with Crippen LogP contribution in [-0.4, -0.2) is 30.2 Å². The first-order valence-electron chi connectivity index (χ1n) is 12.2. The zero-order valence-electron chi connectivity index (χ0n) is 20.1. The summed E-state index contributed by atoms with van der Waals surface area (Å²) < 4.78 is 17.2. The predicted molar refractivity (Wildman–Crippen MR) is 128 cm³/mol. The highest BCUT2D eigenvalue weighted by atomic mass is 19.1. The zero-order chi connectivity index (χ0) is 24.0. The number of hydrogen-bond acceptors (Lipinski definition) is 4. The van der Waals surface area contributed by atoms with Crippen molar-refractivity contribution in [2.45, 2.75) is 109 Å². The molecule has 0 saturated heterocycles. The molecule has 1 unspecified atom stereocenters. The van der Waals surface area contributed by atoms with E-state index >= 15 is 0 Å². The van der Waals surface area contributed by atoms with Crippen LogP contribution in [0.3, 0.4) is 0 Å². The fourth-order valence-corrected chi connectivity index (χ4v) is 3.39. The summed E-state index contributed by atoms with van der Waals surface area (Å²) in [7, 11) is 1.46. The molecule has 184 valence electrons. The number of carboxylic acids is 1. The van der Waals surface area contributed by atoms with E-state index in [0.717, 1.165) is 6.42 Å². The quantitative estimate of drug-likeness (QED) is 0.210. The van der Waals surface area contributed by atoms with Crippen molar-refractivity contribution in [3.8, 4) is 0 Å². The molecule has 0 amide bonds. The van der Waals surface area contributed by atoms with Crippen molar-refractivity contribution in [2.24, 2.45) is 5.73 Å². The summed E-state index contributed by atoms with van der Waals surface area (Å²) in [6.45, 7) is 2.27. The highest BCUT2D eigenvalue weighted by Gasteiger charge is 2.11. The van der Waals surface area contributed by atoms with Crippen LogP contribution in [0.2, 0.25) is 0 Å². The molecule has 0 radical (unpaired) electrons. The lowest BCUT2D eigenvalue weighted by Crippen LogP contribution is -2.32. The smallest absolute Gasteiger partial charge is 0.320 e. The van der Waals surface area contributed by atoms with Gasteiger partial charge < -0.3 is 15.6 Å². The van der Waals surface area contributed by atoms with Gasteiger partial charge in [-0.1, -0.05) is 96.1 Å². The minimum absolute atomic E-state index is 0.0666. The van der Waals surface area contributed by atoms with Gasteiger partial charge in [0.1, 0.15) is 11.9 Å². The van der Waals surface area contributed by atoms with E-state index in [4.69, 9.17) is 10.8 Å². The molecule has 1 aromatic rings. The number of methoxy groups -OCH3 is 1. The number of carboxylic acid groups (broad SMARTS) is 1. The number of aliphatic carboxylic acids is 1. The number of unbranched alkanes of at least 4 members (excludes halogenated alkanes) is 12. The standard InChI is InChI=1S/C17H34O2.C9H10FNO2/c1-3-4-5-6-7-8-9-10-11-12-13-14-15-16-17(18)19-2;10-7-3-1-2-6(4-7)5-8(11)9(12)13/h3-16H2,1-2H3;1-4,8H,5,11H2,(H,12,13). The van der Waals surface area contributed by atoms with E-state index in [1.54, 1.807) is 6.07 Å². The number of ether oxygens (including phenoxy) is 1. The highest BCUT2D eigenvalue weighted by molar-refractivity contribution is 5.73. The normalized spacial score (nSPS) is 11.4. The molecular weight excluding hydrogens is 409 g/mol. The molecule has 0 saturated carbocycles. The van der Waals surface area contributed by atoms with E-state index in [0.29, 0.717) is 12.0 Å². The Morgan fingerprint density at radius 2 is 1.44 bits per heavy atom. The molecule has 1 rings (SSSR count). The monoisotopic (exact) mass is 453 g/mol. The summed E-state index contributed by atoms with van der Waals surface area (Å²) in [5, 5.41) is 8.49. The SMILES string of the molecule is CCCCCCCCCCCCCCCC(=O)OC.NC(Cc1cccc(F)c1)C(=O)O. The third-order valence-electron chi connectivity index (χ3n) is 5.37. The minimum atomic E-state index is -1.08. The van der Waals surface area contributed by atoms with Crippen molar-refractivity contribution in [2.75, 3.05) is 7.11 Å². The number of esters is 1. The molecule has 0 aliphatic carbocycles. The number of nitrogens with two attached hydrogens (primary N) is 1. The van der Waals surface area contributed by atoms with Crippen LogP contribution in [0.4, 0.5) is 4.39 Å². The summed E-state index contributed by atoms with van der Waals surface area (Å²) in [5.74, 6) is -1.53. The van der Waals surface area contributed by atoms with Crippen molar-refractivity contribution in [3.05, 3.63) is 35.6 Å². The molecule has 1 atom stereocenters. The maximum Gasteiger partial charge on any atom is 0.320 e. The average Bonchev–Trinajstić information content (AvgIpc) is 2.77. The Hall–Kier alpha value is -1.95. The number of carbonyl (C=O) groups is 2. The molecule has 0 spiro atoms. The third-order valence-corrected chi connectivity index (χ3v) is 5.37. The van der Waals surface area contributed by atoms with Crippen LogP contribution in [-0.2, 0) is 20.7 Å².